The Hall–Kier alpha value is -1.59. The summed E-state index contributed by atoms with van der Waals surface area (Å²) < 4.78 is 8.68. The molecule has 0 spiro atoms. The molecular weight excluding hydrogens is 499 g/mol. The standard InChI is InChI=1S/C20H25IN6OS/c1-28-14-7-8-15(21)16(11-14)29-20-26-17-18(22)24-12-25-19(17)27(20)10-9-23-13-5-3-2-4-6-13/h7-8,11-13,23H,2-6,9-10H2,1H3,(H2,22,24,25). The van der Waals surface area contributed by atoms with Gasteiger partial charge in [0.2, 0.25) is 0 Å². The van der Waals surface area contributed by atoms with Gasteiger partial charge in [0.05, 0.1) is 7.11 Å². The predicted octanol–water partition coefficient (Wildman–Crippen LogP) is 4.10. The molecule has 0 unspecified atom stereocenters. The summed E-state index contributed by atoms with van der Waals surface area (Å²) in [6.45, 7) is 1.66. The highest BCUT2D eigenvalue weighted by molar-refractivity contribution is 14.1. The Bertz CT molecular complexity index is 989. The number of nitrogens with one attached hydrogen (secondary N) is 1. The van der Waals surface area contributed by atoms with Crippen molar-refractivity contribution in [2.45, 2.75) is 54.7 Å². The molecule has 154 valence electrons. The topological polar surface area (TPSA) is 90.9 Å². The van der Waals surface area contributed by atoms with E-state index >= 15 is 0 Å². The third-order valence-corrected chi connectivity index (χ3v) is 7.60. The summed E-state index contributed by atoms with van der Waals surface area (Å²) in [5, 5.41) is 4.57. The van der Waals surface area contributed by atoms with E-state index in [-0.39, 0.29) is 0 Å². The molecule has 2 aromatic heterocycles. The minimum atomic E-state index is 0.413. The second-order valence-electron chi connectivity index (χ2n) is 7.16. The fraction of sp³-hybridized carbons (Fsp3) is 0.450. The molecular formula is C20H25IN6OS. The van der Waals surface area contributed by atoms with Gasteiger partial charge in [-0.25, -0.2) is 15.0 Å². The van der Waals surface area contributed by atoms with Crippen LogP contribution in [0.4, 0.5) is 5.82 Å². The van der Waals surface area contributed by atoms with Gasteiger partial charge in [-0.15, -0.1) is 0 Å². The zero-order chi connectivity index (χ0) is 20.2. The van der Waals surface area contributed by atoms with Gasteiger partial charge in [-0.3, -0.25) is 0 Å². The van der Waals surface area contributed by atoms with Crippen LogP contribution in [0.5, 0.6) is 5.75 Å². The van der Waals surface area contributed by atoms with Gasteiger partial charge in [0.1, 0.15) is 12.1 Å². The molecule has 1 aromatic carbocycles. The van der Waals surface area contributed by atoms with Crippen molar-refractivity contribution in [3.63, 3.8) is 0 Å². The Morgan fingerprint density at radius 2 is 2.10 bits per heavy atom. The maximum absolute atomic E-state index is 6.08. The van der Waals surface area contributed by atoms with E-state index < -0.39 is 0 Å². The predicted molar refractivity (Wildman–Crippen MR) is 124 cm³/mol. The number of ether oxygens (including phenoxy) is 1. The first-order valence-electron chi connectivity index (χ1n) is 9.87. The van der Waals surface area contributed by atoms with Gasteiger partial charge in [-0.05, 0) is 53.6 Å². The quantitative estimate of drug-likeness (QED) is 0.450. The number of hydrogen-bond acceptors (Lipinski definition) is 7. The number of nitrogens with zero attached hydrogens (tertiary/aromatic N) is 4. The van der Waals surface area contributed by atoms with Crippen LogP contribution in [-0.2, 0) is 6.54 Å². The zero-order valence-electron chi connectivity index (χ0n) is 16.4. The van der Waals surface area contributed by atoms with E-state index in [0.717, 1.165) is 38.1 Å². The summed E-state index contributed by atoms with van der Waals surface area (Å²) in [6.07, 6.45) is 8.05. The first-order chi connectivity index (χ1) is 14.2. The number of methoxy groups -OCH3 is 1. The van der Waals surface area contributed by atoms with E-state index in [1.165, 1.54) is 38.4 Å². The van der Waals surface area contributed by atoms with Crippen LogP contribution in [0, 0.1) is 3.57 Å². The average Bonchev–Trinajstić information content (AvgIpc) is 3.09. The Labute approximate surface area is 188 Å². The van der Waals surface area contributed by atoms with Crippen LogP contribution in [0.15, 0.2) is 34.6 Å². The molecule has 0 atom stereocenters. The number of nitrogen functional groups attached to an aromatic ring is 1. The molecule has 1 saturated carbocycles. The molecule has 0 amide bonds. The largest absolute Gasteiger partial charge is 0.497 e. The molecule has 3 aromatic rings. The lowest BCUT2D eigenvalue weighted by molar-refractivity contribution is 0.366. The molecule has 0 radical (unpaired) electrons. The Balaban J connectivity index is 1.60. The lowest BCUT2D eigenvalue weighted by Crippen LogP contribution is -2.33. The Morgan fingerprint density at radius 3 is 2.90 bits per heavy atom. The van der Waals surface area contributed by atoms with Gasteiger partial charge < -0.3 is 20.4 Å². The minimum Gasteiger partial charge on any atom is -0.497 e. The fourth-order valence-electron chi connectivity index (χ4n) is 3.69. The van der Waals surface area contributed by atoms with Crippen LogP contribution in [0.25, 0.3) is 11.2 Å². The van der Waals surface area contributed by atoms with Gasteiger partial charge in [0.25, 0.3) is 0 Å². The van der Waals surface area contributed by atoms with E-state index in [0.29, 0.717) is 17.4 Å². The third kappa shape index (κ3) is 4.77. The molecule has 9 heteroatoms. The molecule has 1 fully saturated rings. The van der Waals surface area contributed by atoms with E-state index in [9.17, 15) is 0 Å². The molecule has 0 aliphatic heterocycles. The number of hydrogen-bond donors (Lipinski definition) is 2. The zero-order valence-corrected chi connectivity index (χ0v) is 19.4. The summed E-state index contributed by atoms with van der Waals surface area (Å²) in [6, 6.07) is 6.67. The minimum absolute atomic E-state index is 0.413. The maximum Gasteiger partial charge on any atom is 0.175 e. The smallest absolute Gasteiger partial charge is 0.175 e. The number of fused-ring (bicyclic) bond motifs is 1. The third-order valence-electron chi connectivity index (χ3n) is 5.24. The molecule has 4 rings (SSSR count). The maximum atomic E-state index is 6.08. The Morgan fingerprint density at radius 1 is 1.28 bits per heavy atom. The Kier molecular flexibility index (Phi) is 6.76. The molecule has 1 aliphatic carbocycles. The first kappa shape index (κ1) is 20.7. The monoisotopic (exact) mass is 524 g/mol. The molecule has 0 bridgehead atoms. The van der Waals surface area contributed by atoms with Crippen molar-refractivity contribution in [3.05, 3.63) is 28.1 Å². The van der Waals surface area contributed by atoms with E-state index in [2.05, 4.69) is 42.4 Å². The van der Waals surface area contributed by atoms with Gasteiger partial charge in [0, 0.05) is 27.6 Å². The SMILES string of the molecule is COc1ccc(I)c(Sc2nc3c(N)ncnc3n2CCNC2CCCCC2)c1. The molecule has 1 aliphatic rings. The number of halogens is 1. The number of aromatic nitrogens is 4. The molecule has 3 N–H and O–H groups in total. The van der Waals surface area contributed by atoms with Crippen molar-refractivity contribution < 1.29 is 4.74 Å². The van der Waals surface area contributed by atoms with Crippen LogP contribution in [-0.4, -0.2) is 39.2 Å². The van der Waals surface area contributed by atoms with E-state index in [1.54, 1.807) is 18.9 Å². The summed E-state index contributed by atoms with van der Waals surface area (Å²) >= 11 is 3.94. The summed E-state index contributed by atoms with van der Waals surface area (Å²) in [5.41, 5.74) is 7.52. The van der Waals surface area contributed by atoms with E-state index in [1.807, 2.05) is 18.2 Å². The summed E-state index contributed by atoms with van der Waals surface area (Å²) in [5.74, 6) is 1.24. The molecule has 7 nitrogen and oxygen atoms in total. The molecule has 2 heterocycles. The second-order valence-corrected chi connectivity index (χ2v) is 9.34. The van der Waals surface area contributed by atoms with Crippen LogP contribution < -0.4 is 15.8 Å². The van der Waals surface area contributed by atoms with Crippen molar-refractivity contribution in [3.8, 4) is 5.75 Å². The van der Waals surface area contributed by atoms with Crippen molar-refractivity contribution in [1.29, 1.82) is 0 Å². The van der Waals surface area contributed by atoms with E-state index in [4.69, 9.17) is 15.5 Å². The van der Waals surface area contributed by atoms with Gasteiger partial charge >= 0.3 is 0 Å². The van der Waals surface area contributed by atoms with Crippen LogP contribution >= 0.6 is 34.4 Å². The van der Waals surface area contributed by atoms with Crippen LogP contribution in [0.2, 0.25) is 0 Å². The fourth-order valence-corrected chi connectivity index (χ4v) is 5.32. The lowest BCUT2D eigenvalue weighted by Gasteiger charge is -2.23. The number of nitrogens with two attached hydrogens (primary N) is 1. The van der Waals surface area contributed by atoms with Crippen LogP contribution in [0.1, 0.15) is 32.1 Å². The average molecular weight is 524 g/mol. The molecule has 0 saturated heterocycles. The lowest BCUT2D eigenvalue weighted by atomic mass is 9.95. The van der Waals surface area contributed by atoms with Crippen molar-refractivity contribution in [2.24, 2.45) is 0 Å². The first-order valence-corrected chi connectivity index (χ1v) is 11.8. The highest BCUT2D eigenvalue weighted by Gasteiger charge is 2.18. The molecule has 29 heavy (non-hydrogen) atoms. The van der Waals surface area contributed by atoms with Crippen LogP contribution in [0.3, 0.4) is 0 Å². The van der Waals surface area contributed by atoms with Crippen molar-refractivity contribution in [1.82, 2.24) is 24.8 Å². The number of rotatable bonds is 7. The van der Waals surface area contributed by atoms with Gasteiger partial charge in [-0.1, -0.05) is 31.0 Å². The number of anilines is 1. The van der Waals surface area contributed by atoms with Gasteiger partial charge in [-0.2, -0.15) is 0 Å². The summed E-state index contributed by atoms with van der Waals surface area (Å²) in [7, 11) is 1.68. The highest BCUT2D eigenvalue weighted by atomic mass is 127. The van der Waals surface area contributed by atoms with Gasteiger partial charge in [0.15, 0.2) is 22.1 Å². The second kappa shape index (κ2) is 9.48. The summed E-state index contributed by atoms with van der Waals surface area (Å²) in [4.78, 5) is 14.4. The number of imidazole rings is 1. The van der Waals surface area contributed by atoms with Crippen molar-refractivity contribution >= 4 is 51.3 Å². The normalized spacial score (nSPS) is 15.1. The van der Waals surface area contributed by atoms with Crippen molar-refractivity contribution in [2.75, 3.05) is 19.4 Å². The number of benzene rings is 1. The highest BCUT2D eigenvalue weighted by Crippen LogP contribution is 2.35.